The first-order chi connectivity index (χ1) is 10.1. The third-order valence-corrected chi connectivity index (χ3v) is 5.27. The lowest BCUT2D eigenvalue weighted by Gasteiger charge is -2.12. The fourth-order valence-corrected chi connectivity index (χ4v) is 3.76. The van der Waals surface area contributed by atoms with E-state index in [2.05, 4.69) is 15.5 Å². The molecule has 5 nitrogen and oxygen atoms in total. The summed E-state index contributed by atoms with van der Waals surface area (Å²) < 4.78 is 1.94. The number of tetrazole rings is 1. The second kappa shape index (κ2) is 6.34. The van der Waals surface area contributed by atoms with Crippen molar-refractivity contribution in [1.82, 2.24) is 20.2 Å². The molecule has 1 aromatic heterocycles. The lowest BCUT2D eigenvalue weighted by Crippen LogP contribution is -2.08. The van der Waals surface area contributed by atoms with Crippen LogP contribution in [0.1, 0.15) is 50.3 Å². The fourth-order valence-electron chi connectivity index (χ4n) is 2.61. The Morgan fingerprint density at radius 3 is 2.81 bits per heavy atom. The summed E-state index contributed by atoms with van der Waals surface area (Å²) in [5.74, 6) is 0. The molecule has 1 aliphatic rings. The van der Waals surface area contributed by atoms with Gasteiger partial charge in [-0.25, -0.2) is 4.68 Å². The molecule has 0 unspecified atom stereocenters. The normalized spacial score (nSPS) is 17.3. The first-order valence-corrected chi connectivity index (χ1v) is 8.35. The minimum atomic E-state index is -0.0228. The zero-order valence-corrected chi connectivity index (χ0v) is 13.4. The monoisotopic (exact) mass is 323 g/mol. The van der Waals surface area contributed by atoms with E-state index < -0.39 is 0 Å². The first-order valence-electron chi connectivity index (χ1n) is 7.16. The minimum Gasteiger partial charge on any atom is -0.324 e. The summed E-state index contributed by atoms with van der Waals surface area (Å²) in [6.45, 7) is 1.94. The fraction of sp³-hybridized carbons (Fsp3) is 0.500. The van der Waals surface area contributed by atoms with Gasteiger partial charge in [-0.15, -0.1) is 5.10 Å². The van der Waals surface area contributed by atoms with Crippen LogP contribution in [-0.4, -0.2) is 20.2 Å². The quantitative estimate of drug-likeness (QED) is 0.930. The number of nitrogens with zero attached hydrogens (tertiary/aromatic N) is 4. The van der Waals surface area contributed by atoms with Gasteiger partial charge in [0.25, 0.3) is 0 Å². The highest BCUT2D eigenvalue weighted by molar-refractivity contribution is 7.99. The molecule has 0 bridgehead atoms. The third-order valence-electron chi connectivity index (χ3n) is 3.82. The summed E-state index contributed by atoms with van der Waals surface area (Å²) >= 11 is 7.86. The number of nitrogens with two attached hydrogens (primary N) is 1. The van der Waals surface area contributed by atoms with Gasteiger partial charge >= 0.3 is 0 Å². The maximum atomic E-state index is 6.35. The van der Waals surface area contributed by atoms with Crippen LogP contribution in [0.15, 0.2) is 28.3 Å². The Labute approximate surface area is 133 Å². The molecule has 3 rings (SSSR count). The number of halogens is 1. The van der Waals surface area contributed by atoms with E-state index in [9.17, 15) is 0 Å². The van der Waals surface area contributed by atoms with Crippen molar-refractivity contribution in [3.05, 3.63) is 28.8 Å². The lowest BCUT2D eigenvalue weighted by molar-refractivity contribution is 0.423. The van der Waals surface area contributed by atoms with Crippen molar-refractivity contribution in [3.63, 3.8) is 0 Å². The maximum absolute atomic E-state index is 6.35. The highest BCUT2D eigenvalue weighted by atomic mass is 35.5. The second-order valence-electron chi connectivity index (χ2n) is 5.42. The van der Waals surface area contributed by atoms with Crippen LogP contribution >= 0.6 is 23.4 Å². The molecule has 0 radical (unpaired) electrons. The lowest BCUT2D eigenvalue weighted by atomic mass is 10.1. The molecular formula is C14H18ClN5S. The molecule has 1 atom stereocenters. The van der Waals surface area contributed by atoms with E-state index >= 15 is 0 Å². The van der Waals surface area contributed by atoms with Gasteiger partial charge in [0.2, 0.25) is 5.16 Å². The molecule has 1 heterocycles. The Bertz CT molecular complexity index is 622. The zero-order chi connectivity index (χ0) is 14.8. The van der Waals surface area contributed by atoms with E-state index in [1.54, 1.807) is 0 Å². The molecular weight excluding hydrogens is 306 g/mol. The van der Waals surface area contributed by atoms with Crippen LogP contribution in [0.4, 0.5) is 0 Å². The summed E-state index contributed by atoms with van der Waals surface area (Å²) in [4.78, 5) is 0.954. The van der Waals surface area contributed by atoms with Crippen molar-refractivity contribution in [3.8, 4) is 0 Å². The molecule has 1 saturated carbocycles. The van der Waals surface area contributed by atoms with Crippen LogP contribution in [0.2, 0.25) is 5.02 Å². The topological polar surface area (TPSA) is 69.6 Å². The summed E-state index contributed by atoms with van der Waals surface area (Å²) in [5.41, 5.74) is 6.90. The zero-order valence-electron chi connectivity index (χ0n) is 11.9. The molecule has 0 amide bonds. The van der Waals surface area contributed by atoms with Crippen LogP contribution in [0.5, 0.6) is 0 Å². The molecule has 1 aromatic carbocycles. The summed E-state index contributed by atoms with van der Waals surface area (Å²) in [7, 11) is 0. The van der Waals surface area contributed by atoms with Crippen molar-refractivity contribution < 1.29 is 0 Å². The van der Waals surface area contributed by atoms with Crippen LogP contribution in [0.3, 0.4) is 0 Å². The third kappa shape index (κ3) is 3.22. The smallest absolute Gasteiger partial charge is 0.214 e. The molecule has 0 aliphatic heterocycles. The molecule has 1 fully saturated rings. The molecule has 1 aliphatic carbocycles. The summed E-state index contributed by atoms with van der Waals surface area (Å²) in [5, 5.41) is 13.6. The molecule has 2 aromatic rings. The van der Waals surface area contributed by atoms with E-state index in [-0.39, 0.29) is 6.04 Å². The Morgan fingerprint density at radius 2 is 2.14 bits per heavy atom. The number of hydrogen-bond donors (Lipinski definition) is 1. The van der Waals surface area contributed by atoms with Gasteiger partial charge in [0, 0.05) is 10.9 Å². The first kappa shape index (κ1) is 14.8. The average Bonchev–Trinajstić information content (AvgIpc) is 3.11. The average molecular weight is 324 g/mol. The molecule has 0 spiro atoms. The van der Waals surface area contributed by atoms with Crippen molar-refractivity contribution in [2.45, 2.75) is 54.7 Å². The van der Waals surface area contributed by atoms with Gasteiger partial charge in [-0.2, -0.15) is 0 Å². The van der Waals surface area contributed by atoms with Gasteiger partial charge in [0.05, 0.1) is 11.1 Å². The van der Waals surface area contributed by atoms with Crippen molar-refractivity contribution in [1.29, 1.82) is 0 Å². The SMILES string of the molecule is C[C@H](N)c1ccc(Sc2nnnn2C2CCCC2)c(Cl)c1. The van der Waals surface area contributed by atoms with Crippen LogP contribution in [0, 0.1) is 0 Å². The van der Waals surface area contributed by atoms with Crippen LogP contribution in [-0.2, 0) is 0 Å². The Hall–Kier alpha value is -1.11. The van der Waals surface area contributed by atoms with E-state index in [1.165, 1.54) is 24.6 Å². The van der Waals surface area contributed by atoms with Gasteiger partial charge in [-0.05, 0) is 59.7 Å². The van der Waals surface area contributed by atoms with E-state index in [0.717, 1.165) is 28.5 Å². The largest absolute Gasteiger partial charge is 0.324 e. The highest BCUT2D eigenvalue weighted by Crippen LogP contribution is 2.36. The molecule has 2 N–H and O–H groups in total. The molecule has 0 saturated heterocycles. The van der Waals surface area contributed by atoms with Gasteiger partial charge in [0.1, 0.15) is 0 Å². The van der Waals surface area contributed by atoms with Crippen LogP contribution in [0.25, 0.3) is 0 Å². The molecule has 21 heavy (non-hydrogen) atoms. The highest BCUT2D eigenvalue weighted by Gasteiger charge is 2.22. The Morgan fingerprint density at radius 1 is 1.38 bits per heavy atom. The van der Waals surface area contributed by atoms with Gasteiger partial charge < -0.3 is 5.73 Å². The van der Waals surface area contributed by atoms with Crippen LogP contribution < -0.4 is 5.73 Å². The van der Waals surface area contributed by atoms with Gasteiger partial charge in [0.15, 0.2) is 0 Å². The summed E-state index contributed by atoms with van der Waals surface area (Å²) in [6, 6.07) is 6.30. The standard InChI is InChI=1S/C14H18ClN5S/c1-9(16)10-6-7-13(12(15)8-10)21-14-17-18-19-20(14)11-4-2-3-5-11/h6-9,11H,2-5,16H2,1H3/t9-/m0/s1. The number of rotatable bonds is 4. The van der Waals surface area contributed by atoms with E-state index in [4.69, 9.17) is 17.3 Å². The number of aromatic nitrogens is 4. The maximum Gasteiger partial charge on any atom is 0.214 e. The van der Waals surface area contributed by atoms with Gasteiger partial charge in [-0.1, -0.05) is 30.5 Å². The van der Waals surface area contributed by atoms with Crippen molar-refractivity contribution in [2.24, 2.45) is 5.73 Å². The summed E-state index contributed by atoms with van der Waals surface area (Å²) in [6.07, 6.45) is 4.79. The Balaban J connectivity index is 1.82. The van der Waals surface area contributed by atoms with E-state index in [0.29, 0.717) is 11.1 Å². The Kier molecular flexibility index (Phi) is 4.47. The number of hydrogen-bond acceptors (Lipinski definition) is 5. The predicted molar refractivity (Wildman–Crippen MR) is 83.5 cm³/mol. The predicted octanol–water partition coefficient (Wildman–Crippen LogP) is 3.61. The number of benzene rings is 1. The van der Waals surface area contributed by atoms with Gasteiger partial charge in [-0.3, -0.25) is 0 Å². The molecule has 112 valence electrons. The minimum absolute atomic E-state index is 0.0228. The van der Waals surface area contributed by atoms with E-state index in [1.807, 2.05) is 29.8 Å². The van der Waals surface area contributed by atoms with Crippen molar-refractivity contribution in [2.75, 3.05) is 0 Å². The second-order valence-corrected chi connectivity index (χ2v) is 6.84. The van der Waals surface area contributed by atoms with Crippen molar-refractivity contribution >= 4 is 23.4 Å². The molecule has 7 heteroatoms.